The molecule has 0 spiro atoms. The first-order valence-electron chi connectivity index (χ1n) is 25.9. The summed E-state index contributed by atoms with van der Waals surface area (Å²) in [7, 11) is 0. The van der Waals surface area contributed by atoms with E-state index in [1.807, 2.05) is 0 Å². The molecule has 0 aliphatic carbocycles. The molecule has 386 valence electrons. The van der Waals surface area contributed by atoms with E-state index in [1.165, 1.54) is 96.3 Å². The Balaban J connectivity index is 1.72. The molecule has 11 atom stereocenters. The zero-order valence-electron chi connectivity index (χ0n) is 40.7. The van der Waals surface area contributed by atoms with Crippen molar-refractivity contribution in [2.75, 3.05) is 26.4 Å². The molecule has 2 aliphatic rings. The number of aliphatic hydroxyl groups is 7. The fraction of sp³-hybridized carbons (Fsp3) is 0.882. The molecule has 0 aromatic rings. The van der Waals surface area contributed by atoms with Gasteiger partial charge in [0.05, 0.1) is 19.8 Å². The molecule has 2 rings (SSSR count). The summed E-state index contributed by atoms with van der Waals surface area (Å²) in [5.74, 6) is -0.929. The Morgan fingerprint density at radius 2 is 0.909 bits per heavy atom. The molecule has 2 aliphatic heterocycles. The van der Waals surface area contributed by atoms with Gasteiger partial charge in [0.2, 0.25) is 0 Å². The third-order valence-electron chi connectivity index (χ3n) is 12.4. The minimum atomic E-state index is -1.76. The summed E-state index contributed by atoms with van der Waals surface area (Å²) in [5.41, 5.74) is 0. The van der Waals surface area contributed by atoms with Gasteiger partial charge in [-0.15, -0.1) is 0 Å². The van der Waals surface area contributed by atoms with Gasteiger partial charge >= 0.3 is 11.9 Å². The molecule has 0 bridgehead atoms. The first kappa shape index (κ1) is 60.1. The Morgan fingerprint density at radius 1 is 0.485 bits per heavy atom. The van der Waals surface area contributed by atoms with Crippen molar-refractivity contribution in [3.8, 4) is 0 Å². The molecule has 0 saturated carbocycles. The second-order valence-corrected chi connectivity index (χ2v) is 18.4. The summed E-state index contributed by atoms with van der Waals surface area (Å²) >= 11 is 0. The van der Waals surface area contributed by atoms with Crippen LogP contribution in [-0.4, -0.2) is 142 Å². The summed E-state index contributed by atoms with van der Waals surface area (Å²) < 4.78 is 33.5. The quantitative estimate of drug-likeness (QED) is 0.0184. The number of ether oxygens (including phenoxy) is 6. The standard InChI is InChI=1S/C51H92O15/c1-3-5-7-9-11-12-13-14-15-16-17-18-19-20-21-22-23-24-25-26-28-30-32-34-43(54)64-39(36-61-42(53)33-31-29-27-10-8-6-4-2)37-62-50-49(60)47(58)45(56)41(66-50)38-63-51-48(59)46(57)44(55)40(35-52)65-51/h13-14,16-17,39-41,44-52,55-60H,3-12,15,18-38H2,1-2H3/b14-13-,17-16-. The summed E-state index contributed by atoms with van der Waals surface area (Å²) in [6, 6.07) is 0. The number of unbranched alkanes of at least 4 members (excludes halogenated alkanes) is 22. The number of carbonyl (C=O) groups excluding carboxylic acids is 2. The fourth-order valence-electron chi connectivity index (χ4n) is 8.13. The summed E-state index contributed by atoms with van der Waals surface area (Å²) in [6.45, 7) is 2.53. The van der Waals surface area contributed by atoms with E-state index < -0.39 is 92.7 Å². The number of hydrogen-bond acceptors (Lipinski definition) is 15. The second kappa shape index (κ2) is 38.8. The third kappa shape index (κ3) is 26.7. The van der Waals surface area contributed by atoms with Crippen LogP contribution >= 0.6 is 0 Å². The predicted molar refractivity (Wildman–Crippen MR) is 252 cm³/mol. The lowest BCUT2D eigenvalue weighted by atomic mass is 9.98. The topological polar surface area (TPSA) is 231 Å². The van der Waals surface area contributed by atoms with Crippen LogP contribution < -0.4 is 0 Å². The molecule has 0 amide bonds. The van der Waals surface area contributed by atoms with Gasteiger partial charge in [-0.25, -0.2) is 0 Å². The van der Waals surface area contributed by atoms with Crippen LogP contribution in [0.1, 0.15) is 194 Å². The van der Waals surface area contributed by atoms with E-state index in [0.29, 0.717) is 12.8 Å². The minimum Gasteiger partial charge on any atom is -0.462 e. The highest BCUT2D eigenvalue weighted by Gasteiger charge is 2.47. The molecule has 2 heterocycles. The smallest absolute Gasteiger partial charge is 0.306 e. The monoisotopic (exact) mass is 945 g/mol. The maximum Gasteiger partial charge on any atom is 0.306 e. The van der Waals surface area contributed by atoms with Crippen molar-refractivity contribution >= 4 is 11.9 Å². The summed E-state index contributed by atoms with van der Waals surface area (Å²) in [5, 5.41) is 71.9. The maximum atomic E-state index is 13.0. The maximum absolute atomic E-state index is 13.0. The van der Waals surface area contributed by atoms with Gasteiger partial charge in [-0.2, -0.15) is 0 Å². The van der Waals surface area contributed by atoms with Gasteiger partial charge in [0.15, 0.2) is 18.7 Å². The molecule has 2 fully saturated rings. The number of allylic oxidation sites excluding steroid dienone is 4. The summed E-state index contributed by atoms with van der Waals surface area (Å²) in [4.78, 5) is 25.6. The highest BCUT2D eigenvalue weighted by atomic mass is 16.7. The number of aliphatic hydroxyl groups excluding tert-OH is 7. The average molecular weight is 945 g/mol. The largest absolute Gasteiger partial charge is 0.462 e. The van der Waals surface area contributed by atoms with Gasteiger partial charge in [-0.3, -0.25) is 9.59 Å². The zero-order chi connectivity index (χ0) is 48.2. The van der Waals surface area contributed by atoms with Crippen LogP contribution in [0.2, 0.25) is 0 Å². The number of hydrogen-bond donors (Lipinski definition) is 7. The molecular formula is C51H92O15. The molecule has 0 aromatic carbocycles. The molecule has 15 heteroatoms. The van der Waals surface area contributed by atoms with E-state index in [2.05, 4.69) is 38.2 Å². The third-order valence-corrected chi connectivity index (χ3v) is 12.4. The lowest BCUT2D eigenvalue weighted by Crippen LogP contribution is -2.61. The van der Waals surface area contributed by atoms with Gasteiger partial charge in [0, 0.05) is 12.8 Å². The van der Waals surface area contributed by atoms with Crippen LogP contribution in [0.4, 0.5) is 0 Å². The van der Waals surface area contributed by atoms with Crippen molar-refractivity contribution in [2.45, 2.75) is 261 Å². The fourth-order valence-corrected chi connectivity index (χ4v) is 8.13. The van der Waals surface area contributed by atoms with Gasteiger partial charge in [-0.1, -0.05) is 160 Å². The average Bonchev–Trinajstić information content (AvgIpc) is 3.31. The van der Waals surface area contributed by atoms with Crippen LogP contribution in [0, 0.1) is 0 Å². The minimum absolute atomic E-state index is 0.165. The number of rotatable bonds is 40. The highest BCUT2D eigenvalue weighted by molar-refractivity contribution is 5.70. The van der Waals surface area contributed by atoms with Crippen LogP contribution in [0.3, 0.4) is 0 Å². The predicted octanol–water partition coefficient (Wildman–Crippen LogP) is 7.16. The first-order valence-corrected chi connectivity index (χ1v) is 25.9. The molecule has 2 saturated heterocycles. The first-order chi connectivity index (χ1) is 32.0. The van der Waals surface area contributed by atoms with Gasteiger partial charge in [0.1, 0.15) is 55.4 Å². The SMILES string of the molecule is CCCCCCC/C=C\C/C=C\CCCCCCCCCCCCCC(=O)OC(COC(=O)CCCCCCCCC)COC1OC(COC2OC(CO)C(O)C(O)C2O)C(O)C(O)C1O. The molecule has 0 radical (unpaired) electrons. The van der Waals surface area contributed by atoms with Gasteiger partial charge in [0.25, 0.3) is 0 Å². The van der Waals surface area contributed by atoms with Crippen LogP contribution in [0.25, 0.3) is 0 Å². The van der Waals surface area contributed by atoms with Crippen molar-refractivity contribution in [1.29, 1.82) is 0 Å². The number of esters is 2. The van der Waals surface area contributed by atoms with E-state index in [9.17, 15) is 45.3 Å². The van der Waals surface area contributed by atoms with E-state index >= 15 is 0 Å². The molecule has 15 nitrogen and oxygen atoms in total. The normalized spacial score (nSPS) is 26.3. The van der Waals surface area contributed by atoms with E-state index in [0.717, 1.165) is 57.8 Å². The van der Waals surface area contributed by atoms with E-state index in [1.54, 1.807) is 0 Å². The van der Waals surface area contributed by atoms with Crippen molar-refractivity contribution in [3.05, 3.63) is 24.3 Å². The summed E-state index contributed by atoms with van der Waals surface area (Å²) in [6.07, 6.45) is 22.4. The second-order valence-electron chi connectivity index (χ2n) is 18.4. The zero-order valence-corrected chi connectivity index (χ0v) is 40.7. The highest BCUT2D eigenvalue weighted by Crippen LogP contribution is 2.26. The van der Waals surface area contributed by atoms with Gasteiger partial charge < -0.3 is 64.2 Å². The molecule has 0 aromatic heterocycles. The number of carbonyl (C=O) groups is 2. The Morgan fingerprint density at radius 3 is 1.41 bits per heavy atom. The van der Waals surface area contributed by atoms with E-state index in [-0.39, 0.29) is 26.1 Å². The molecular weight excluding hydrogens is 853 g/mol. The molecule has 11 unspecified atom stereocenters. The Hall–Kier alpha value is -2.02. The van der Waals surface area contributed by atoms with Crippen molar-refractivity contribution in [1.82, 2.24) is 0 Å². The van der Waals surface area contributed by atoms with Crippen molar-refractivity contribution in [2.24, 2.45) is 0 Å². The Kier molecular flexibility index (Phi) is 35.3. The Labute approximate surface area is 396 Å². The van der Waals surface area contributed by atoms with E-state index in [4.69, 9.17) is 28.4 Å². The molecule has 7 N–H and O–H groups in total. The van der Waals surface area contributed by atoms with Crippen LogP contribution in [0.5, 0.6) is 0 Å². The lowest BCUT2D eigenvalue weighted by Gasteiger charge is -2.42. The van der Waals surface area contributed by atoms with Crippen LogP contribution in [0.15, 0.2) is 24.3 Å². The molecule has 66 heavy (non-hydrogen) atoms. The van der Waals surface area contributed by atoms with Crippen molar-refractivity contribution < 1.29 is 73.8 Å². The van der Waals surface area contributed by atoms with Crippen molar-refractivity contribution in [3.63, 3.8) is 0 Å². The van der Waals surface area contributed by atoms with Crippen LogP contribution in [-0.2, 0) is 38.0 Å². The van der Waals surface area contributed by atoms with Gasteiger partial charge in [-0.05, 0) is 44.9 Å². The lowest BCUT2D eigenvalue weighted by molar-refractivity contribution is -0.332. The Bertz CT molecular complexity index is 1250.